The van der Waals surface area contributed by atoms with Gasteiger partial charge >= 0.3 is 0 Å². The number of hydrogen-bond acceptors (Lipinski definition) is 2. The Morgan fingerprint density at radius 3 is 2.57 bits per heavy atom. The van der Waals surface area contributed by atoms with E-state index in [1.54, 1.807) is 0 Å². The summed E-state index contributed by atoms with van der Waals surface area (Å²) >= 11 is 0. The second-order valence-corrected chi connectivity index (χ2v) is 4.70. The molecule has 1 aliphatic rings. The van der Waals surface area contributed by atoms with E-state index in [-0.39, 0.29) is 0 Å². The van der Waals surface area contributed by atoms with Crippen molar-refractivity contribution in [1.29, 1.82) is 0 Å². The fraction of sp³-hybridized carbons (Fsp3) is 1.00. The largest absolute Gasteiger partial charge is 0.313 e. The van der Waals surface area contributed by atoms with Gasteiger partial charge in [-0.3, -0.25) is 0 Å². The van der Waals surface area contributed by atoms with Crippen LogP contribution in [0.3, 0.4) is 0 Å². The Hall–Kier alpha value is -0.0800. The first-order chi connectivity index (χ1) is 6.76. The molecule has 1 fully saturated rings. The maximum atomic E-state index is 3.56. The summed E-state index contributed by atoms with van der Waals surface area (Å²) in [7, 11) is 2.26. The van der Waals surface area contributed by atoms with Crippen molar-refractivity contribution < 1.29 is 0 Å². The molecule has 1 N–H and O–H groups in total. The molecule has 0 aromatic heterocycles. The second kappa shape index (κ2) is 6.41. The van der Waals surface area contributed by atoms with Crippen molar-refractivity contribution in [3.05, 3.63) is 0 Å². The summed E-state index contributed by atoms with van der Waals surface area (Å²) in [5.74, 6) is 0.890. The molecule has 1 heterocycles. The molecule has 0 saturated carbocycles. The third-order valence-corrected chi connectivity index (χ3v) is 3.42. The van der Waals surface area contributed by atoms with Gasteiger partial charge in [0.1, 0.15) is 0 Å². The van der Waals surface area contributed by atoms with E-state index in [1.807, 2.05) is 0 Å². The molecule has 14 heavy (non-hydrogen) atoms. The van der Waals surface area contributed by atoms with Crippen LogP contribution in [0.25, 0.3) is 0 Å². The van der Waals surface area contributed by atoms with Crippen molar-refractivity contribution in [1.82, 2.24) is 10.2 Å². The Balaban J connectivity index is 2.16. The van der Waals surface area contributed by atoms with E-state index in [1.165, 1.54) is 45.3 Å². The zero-order valence-electron chi connectivity index (χ0n) is 10.1. The van der Waals surface area contributed by atoms with Crippen LogP contribution in [0.1, 0.15) is 39.5 Å². The number of nitrogens with one attached hydrogen (secondary N) is 1. The molecule has 0 aliphatic carbocycles. The van der Waals surface area contributed by atoms with E-state index >= 15 is 0 Å². The standard InChI is InChI=1S/C12H26N2/c1-4-11(5-2)9-14(3)10-12-7-6-8-13-12/h11-13H,4-10H2,1-3H3. The summed E-state index contributed by atoms with van der Waals surface area (Å²) in [6.07, 6.45) is 5.37. The first kappa shape index (κ1) is 12.0. The molecule has 0 radical (unpaired) electrons. The summed E-state index contributed by atoms with van der Waals surface area (Å²) in [4.78, 5) is 2.50. The van der Waals surface area contributed by atoms with E-state index in [2.05, 4.69) is 31.1 Å². The summed E-state index contributed by atoms with van der Waals surface area (Å²) in [6, 6.07) is 0.759. The molecule has 0 aromatic carbocycles. The van der Waals surface area contributed by atoms with Gasteiger partial charge in [-0.05, 0) is 32.4 Å². The second-order valence-electron chi connectivity index (χ2n) is 4.70. The lowest BCUT2D eigenvalue weighted by molar-refractivity contribution is 0.247. The predicted octanol–water partition coefficient (Wildman–Crippen LogP) is 2.11. The molecule has 1 rings (SSSR count). The average Bonchev–Trinajstić information content (AvgIpc) is 2.66. The lowest BCUT2D eigenvalue weighted by Gasteiger charge is -2.25. The van der Waals surface area contributed by atoms with Crippen LogP contribution in [0, 0.1) is 5.92 Å². The minimum absolute atomic E-state index is 0.759. The highest BCUT2D eigenvalue weighted by Crippen LogP contribution is 2.11. The number of hydrogen-bond donors (Lipinski definition) is 1. The summed E-state index contributed by atoms with van der Waals surface area (Å²) in [5, 5.41) is 3.56. The summed E-state index contributed by atoms with van der Waals surface area (Å²) < 4.78 is 0. The van der Waals surface area contributed by atoms with Crippen LogP contribution in [0.5, 0.6) is 0 Å². The zero-order chi connectivity index (χ0) is 10.4. The van der Waals surface area contributed by atoms with Gasteiger partial charge in [-0.15, -0.1) is 0 Å². The van der Waals surface area contributed by atoms with Gasteiger partial charge in [0, 0.05) is 19.1 Å². The first-order valence-electron chi connectivity index (χ1n) is 6.18. The molecule has 0 bridgehead atoms. The minimum atomic E-state index is 0.759. The quantitative estimate of drug-likeness (QED) is 0.703. The van der Waals surface area contributed by atoms with Crippen molar-refractivity contribution in [2.24, 2.45) is 5.92 Å². The summed E-state index contributed by atoms with van der Waals surface area (Å²) in [6.45, 7) is 8.33. The van der Waals surface area contributed by atoms with E-state index in [0.29, 0.717) is 0 Å². The number of likely N-dealkylation sites (N-methyl/N-ethyl adjacent to an activating group) is 1. The molecule has 84 valence electrons. The molecule has 2 heteroatoms. The molecular formula is C12H26N2. The smallest absolute Gasteiger partial charge is 0.0195 e. The van der Waals surface area contributed by atoms with Gasteiger partial charge in [-0.2, -0.15) is 0 Å². The van der Waals surface area contributed by atoms with Crippen LogP contribution >= 0.6 is 0 Å². The molecule has 1 unspecified atom stereocenters. The Morgan fingerprint density at radius 1 is 1.36 bits per heavy atom. The highest BCUT2D eigenvalue weighted by Gasteiger charge is 2.16. The Kier molecular flexibility index (Phi) is 5.49. The van der Waals surface area contributed by atoms with Gasteiger partial charge in [0.2, 0.25) is 0 Å². The Morgan fingerprint density at radius 2 is 2.07 bits per heavy atom. The van der Waals surface area contributed by atoms with Crippen molar-refractivity contribution >= 4 is 0 Å². The van der Waals surface area contributed by atoms with Gasteiger partial charge in [0.05, 0.1) is 0 Å². The van der Waals surface area contributed by atoms with Gasteiger partial charge in [-0.25, -0.2) is 0 Å². The van der Waals surface area contributed by atoms with Gasteiger partial charge in [0.25, 0.3) is 0 Å². The highest BCUT2D eigenvalue weighted by molar-refractivity contribution is 4.77. The monoisotopic (exact) mass is 198 g/mol. The van der Waals surface area contributed by atoms with Gasteiger partial charge in [-0.1, -0.05) is 26.7 Å². The Labute approximate surface area is 89.1 Å². The molecule has 0 aromatic rings. The highest BCUT2D eigenvalue weighted by atomic mass is 15.1. The average molecular weight is 198 g/mol. The van der Waals surface area contributed by atoms with E-state index in [4.69, 9.17) is 0 Å². The van der Waals surface area contributed by atoms with Gasteiger partial charge < -0.3 is 10.2 Å². The fourth-order valence-electron chi connectivity index (χ4n) is 2.35. The number of nitrogens with zero attached hydrogens (tertiary/aromatic N) is 1. The molecule has 0 spiro atoms. The van der Waals surface area contributed by atoms with Crippen molar-refractivity contribution in [3.8, 4) is 0 Å². The molecular weight excluding hydrogens is 172 g/mol. The van der Waals surface area contributed by atoms with Gasteiger partial charge in [0.15, 0.2) is 0 Å². The van der Waals surface area contributed by atoms with Crippen LogP contribution in [-0.2, 0) is 0 Å². The molecule has 1 aliphatic heterocycles. The third kappa shape index (κ3) is 3.97. The van der Waals surface area contributed by atoms with E-state index in [0.717, 1.165) is 12.0 Å². The topological polar surface area (TPSA) is 15.3 Å². The minimum Gasteiger partial charge on any atom is -0.313 e. The summed E-state index contributed by atoms with van der Waals surface area (Å²) in [5.41, 5.74) is 0. The lowest BCUT2D eigenvalue weighted by Crippen LogP contribution is -2.37. The Bertz CT molecular complexity index is 133. The first-order valence-corrected chi connectivity index (χ1v) is 6.18. The van der Waals surface area contributed by atoms with Crippen LogP contribution < -0.4 is 5.32 Å². The van der Waals surface area contributed by atoms with Crippen molar-refractivity contribution in [2.45, 2.75) is 45.6 Å². The van der Waals surface area contributed by atoms with E-state index in [9.17, 15) is 0 Å². The third-order valence-electron chi connectivity index (χ3n) is 3.42. The predicted molar refractivity (Wildman–Crippen MR) is 62.6 cm³/mol. The molecule has 2 nitrogen and oxygen atoms in total. The molecule has 0 amide bonds. The van der Waals surface area contributed by atoms with Crippen LogP contribution in [0.4, 0.5) is 0 Å². The van der Waals surface area contributed by atoms with E-state index < -0.39 is 0 Å². The van der Waals surface area contributed by atoms with Crippen molar-refractivity contribution in [3.63, 3.8) is 0 Å². The SMILES string of the molecule is CCC(CC)CN(C)CC1CCCN1. The zero-order valence-corrected chi connectivity index (χ0v) is 10.1. The van der Waals surface area contributed by atoms with Crippen molar-refractivity contribution in [2.75, 3.05) is 26.7 Å². The number of rotatable bonds is 6. The normalized spacial score (nSPS) is 22.5. The van der Waals surface area contributed by atoms with Crippen LogP contribution in [0.2, 0.25) is 0 Å². The maximum Gasteiger partial charge on any atom is 0.0195 e. The fourth-order valence-corrected chi connectivity index (χ4v) is 2.35. The molecule has 1 atom stereocenters. The molecule has 1 saturated heterocycles. The maximum absolute atomic E-state index is 3.56. The lowest BCUT2D eigenvalue weighted by atomic mass is 10.0. The van der Waals surface area contributed by atoms with Crippen LogP contribution in [0.15, 0.2) is 0 Å². The van der Waals surface area contributed by atoms with Crippen LogP contribution in [-0.4, -0.2) is 37.6 Å².